The number of hydrogen-bond acceptors (Lipinski definition) is 4. The molecule has 0 aliphatic carbocycles. The number of hydrogen-bond donors (Lipinski definition) is 4. The molecule has 1 saturated heterocycles. The molecule has 1 aliphatic heterocycles. The molecule has 0 spiro atoms. The summed E-state index contributed by atoms with van der Waals surface area (Å²) in [6, 6.07) is 8.50. The fourth-order valence-electron chi connectivity index (χ4n) is 3.38. The van der Waals surface area contributed by atoms with Gasteiger partial charge in [0.05, 0.1) is 6.54 Å². The summed E-state index contributed by atoms with van der Waals surface area (Å²) in [5.41, 5.74) is 14.3. The summed E-state index contributed by atoms with van der Waals surface area (Å²) >= 11 is 0. The predicted molar refractivity (Wildman–Crippen MR) is 116 cm³/mol. The molecule has 1 fully saturated rings. The van der Waals surface area contributed by atoms with E-state index in [1.165, 1.54) is 11.0 Å². The maximum atomic E-state index is 14.6. The summed E-state index contributed by atoms with van der Waals surface area (Å²) < 4.78 is 14.6. The normalized spacial score (nSPS) is 19.3. The van der Waals surface area contributed by atoms with Crippen LogP contribution >= 0.6 is 0 Å². The summed E-state index contributed by atoms with van der Waals surface area (Å²) in [7, 11) is 0. The summed E-state index contributed by atoms with van der Waals surface area (Å²) in [4.78, 5) is 16.2. The molecule has 1 aromatic carbocycles. The van der Waals surface area contributed by atoms with Crippen molar-refractivity contribution in [1.29, 1.82) is 0 Å². The molecular formula is C22H29FN4O2. The van der Waals surface area contributed by atoms with Crippen molar-refractivity contribution in [3.8, 4) is 5.75 Å². The molecule has 6 N–H and O–H groups in total. The number of piperidine rings is 1. The zero-order valence-corrected chi connectivity index (χ0v) is 16.9. The molecule has 0 saturated carbocycles. The van der Waals surface area contributed by atoms with E-state index >= 15 is 0 Å². The average molecular weight is 400 g/mol. The van der Waals surface area contributed by atoms with E-state index < -0.39 is 6.17 Å². The number of benzene rings is 1. The number of alkyl halides is 1. The van der Waals surface area contributed by atoms with Gasteiger partial charge in [0.2, 0.25) is 5.91 Å². The van der Waals surface area contributed by atoms with E-state index in [1.54, 1.807) is 36.4 Å². The molecule has 1 unspecified atom stereocenters. The molecule has 2 aromatic rings. The van der Waals surface area contributed by atoms with Crippen molar-refractivity contribution >= 4 is 23.5 Å². The van der Waals surface area contributed by atoms with Crippen molar-refractivity contribution in [2.24, 2.45) is 5.73 Å². The predicted octanol–water partition coefficient (Wildman–Crippen LogP) is 3.63. The maximum absolute atomic E-state index is 14.6. The van der Waals surface area contributed by atoms with Crippen LogP contribution in [0.5, 0.6) is 5.75 Å². The van der Waals surface area contributed by atoms with Crippen molar-refractivity contribution in [3.63, 3.8) is 0 Å². The van der Waals surface area contributed by atoms with Gasteiger partial charge in [0.15, 0.2) is 0 Å². The number of phenols is 1. The number of nitrogen functional groups attached to an aromatic ring is 1. The first-order valence-corrected chi connectivity index (χ1v) is 9.70. The number of aromatic amines is 1. The second-order valence-electron chi connectivity index (χ2n) is 6.61. The Morgan fingerprint density at radius 3 is 2.69 bits per heavy atom. The van der Waals surface area contributed by atoms with Crippen LogP contribution < -0.4 is 11.5 Å². The highest BCUT2D eigenvalue weighted by atomic mass is 19.1. The maximum Gasteiger partial charge on any atom is 0.246 e. The molecule has 0 radical (unpaired) electrons. The highest BCUT2D eigenvalue weighted by molar-refractivity contribution is 5.87. The number of anilines is 1. The Bertz CT molecular complexity index is 891. The van der Waals surface area contributed by atoms with Crippen LogP contribution in [0.25, 0.3) is 11.8 Å². The van der Waals surface area contributed by atoms with E-state index in [1.807, 2.05) is 13.8 Å². The molecule has 1 amide bonds. The molecule has 6 nitrogen and oxygen atoms in total. The Hall–Kier alpha value is -3.22. The third-order valence-electron chi connectivity index (χ3n) is 4.85. The molecule has 2 heterocycles. The first kappa shape index (κ1) is 22.1. The van der Waals surface area contributed by atoms with Gasteiger partial charge in [-0.1, -0.05) is 32.6 Å². The fourth-order valence-corrected chi connectivity index (χ4v) is 3.38. The Kier molecular flexibility index (Phi) is 7.47. The number of amides is 1. The minimum atomic E-state index is -1.20. The molecule has 1 aromatic heterocycles. The molecule has 29 heavy (non-hydrogen) atoms. The zero-order valence-electron chi connectivity index (χ0n) is 16.9. The fraction of sp³-hybridized carbons (Fsp3) is 0.318. The number of nitrogens with zero attached hydrogens (tertiary/aromatic N) is 1. The molecule has 0 bridgehead atoms. The lowest BCUT2D eigenvalue weighted by atomic mass is 9.91. The van der Waals surface area contributed by atoms with Crippen LogP contribution in [0.3, 0.4) is 0 Å². The van der Waals surface area contributed by atoms with Crippen LogP contribution in [0.15, 0.2) is 43.0 Å². The number of rotatable bonds is 4. The van der Waals surface area contributed by atoms with E-state index in [9.17, 15) is 14.3 Å². The third kappa shape index (κ3) is 4.99. The van der Waals surface area contributed by atoms with Gasteiger partial charge in [-0.05, 0) is 36.8 Å². The van der Waals surface area contributed by atoms with E-state index in [2.05, 4.69) is 11.6 Å². The van der Waals surface area contributed by atoms with Gasteiger partial charge in [0, 0.05) is 35.0 Å². The number of carbonyl (C=O) groups is 1. The van der Waals surface area contributed by atoms with Gasteiger partial charge in [-0.25, -0.2) is 4.39 Å². The van der Waals surface area contributed by atoms with Crippen LogP contribution in [-0.4, -0.2) is 40.2 Å². The van der Waals surface area contributed by atoms with Crippen LogP contribution in [0.1, 0.15) is 43.0 Å². The number of likely N-dealkylation sites (tertiary alicyclic amines) is 1. The lowest BCUT2D eigenvalue weighted by molar-refractivity contribution is -0.128. The average Bonchev–Trinajstić information content (AvgIpc) is 3.08. The third-order valence-corrected chi connectivity index (χ3v) is 4.85. The summed E-state index contributed by atoms with van der Waals surface area (Å²) in [5, 5.41) is 9.91. The number of aromatic nitrogens is 1. The Balaban J connectivity index is 0.00000145. The number of phenolic OH excluding ortho intramolecular Hbond substituents is 1. The van der Waals surface area contributed by atoms with Gasteiger partial charge in [-0.3, -0.25) is 4.79 Å². The molecule has 1 aliphatic rings. The first-order valence-electron chi connectivity index (χ1n) is 9.70. The monoisotopic (exact) mass is 400 g/mol. The molecule has 7 heteroatoms. The van der Waals surface area contributed by atoms with Gasteiger partial charge in [-0.15, -0.1) is 0 Å². The second kappa shape index (κ2) is 9.82. The van der Waals surface area contributed by atoms with Crippen molar-refractivity contribution in [3.05, 3.63) is 59.8 Å². The van der Waals surface area contributed by atoms with E-state index in [0.29, 0.717) is 41.3 Å². The van der Waals surface area contributed by atoms with Gasteiger partial charge in [-0.2, -0.15) is 0 Å². The zero-order chi connectivity index (χ0) is 21.6. The second-order valence-corrected chi connectivity index (χ2v) is 6.61. The quantitative estimate of drug-likeness (QED) is 0.588. The van der Waals surface area contributed by atoms with Crippen molar-refractivity contribution in [2.45, 2.75) is 32.4 Å². The number of para-hydroxylation sites is 1. The minimum Gasteiger partial charge on any atom is -0.507 e. The van der Waals surface area contributed by atoms with Gasteiger partial charge >= 0.3 is 0 Å². The Morgan fingerprint density at radius 1 is 1.38 bits per heavy atom. The van der Waals surface area contributed by atoms with Gasteiger partial charge in [0.1, 0.15) is 17.7 Å². The standard InChI is InChI=1S/C20H23FN4O2.C2H6/c1-2-19(27)25-8-7-13(15(21)11-25)17-10-12(20(23)24-17)9-16(22)14-5-3-4-6-18(14)26;1-2/h2-6,9-10,13,15,24,26H,1,7-8,11,22-23H2;1-2H3/b16-9-;/t13-,15?;/m0./s1. The SMILES string of the molecule is C=CC(=O)N1CC[C@H](c2cc(/C=C(\N)c3ccccc3O)c(N)[nH]2)C(F)C1.CC. The summed E-state index contributed by atoms with van der Waals surface area (Å²) in [6.07, 6.45) is 2.13. The van der Waals surface area contributed by atoms with Crippen LogP contribution in [0, 0.1) is 0 Å². The number of carbonyl (C=O) groups excluding carboxylic acids is 1. The van der Waals surface area contributed by atoms with Crippen LogP contribution in [0.4, 0.5) is 10.2 Å². The Labute approximate surface area is 170 Å². The highest BCUT2D eigenvalue weighted by Crippen LogP contribution is 2.33. The van der Waals surface area contributed by atoms with Crippen LogP contribution in [0.2, 0.25) is 0 Å². The summed E-state index contributed by atoms with van der Waals surface area (Å²) in [5.74, 6) is -0.195. The molecule has 2 atom stereocenters. The smallest absolute Gasteiger partial charge is 0.246 e. The van der Waals surface area contributed by atoms with Crippen LogP contribution in [-0.2, 0) is 4.79 Å². The number of halogens is 1. The van der Waals surface area contributed by atoms with E-state index in [-0.39, 0.29) is 24.1 Å². The lowest BCUT2D eigenvalue weighted by Gasteiger charge is -2.33. The number of H-pyrrole nitrogens is 1. The topological polar surface area (TPSA) is 108 Å². The molecular weight excluding hydrogens is 371 g/mol. The van der Waals surface area contributed by atoms with Gasteiger partial charge < -0.3 is 26.5 Å². The van der Waals surface area contributed by atoms with Crippen molar-refractivity contribution in [1.82, 2.24) is 9.88 Å². The van der Waals surface area contributed by atoms with Crippen molar-refractivity contribution < 1.29 is 14.3 Å². The molecule has 156 valence electrons. The molecule has 3 rings (SSSR count). The largest absolute Gasteiger partial charge is 0.507 e. The number of nitrogens with two attached hydrogens (primary N) is 2. The van der Waals surface area contributed by atoms with E-state index in [4.69, 9.17) is 11.5 Å². The first-order chi connectivity index (χ1) is 13.9. The number of nitrogens with one attached hydrogen (secondary N) is 1. The lowest BCUT2D eigenvalue weighted by Crippen LogP contribution is -2.43. The van der Waals surface area contributed by atoms with Crippen molar-refractivity contribution in [2.75, 3.05) is 18.8 Å². The highest BCUT2D eigenvalue weighted by Gasteiger charge is 2.33. The van der Waals surface area contributed by atoms with Gasteiger partial charge in [0.25, 0.3) is 0 Å². The van der Waals surface area contributed by atoms with E-state index in [0.717, 1.165) is 0 Å². The minimum absolute atomic E-state index is 0.0274. The summed E-state index contributed by atoms with van der Waals surface area (Å²) in [6.45, 7) is 7.93. The Morgan fingerprint density at radius 2 is 2.07 bits per heavy atom. The number of aromatic hydroxyl groups is 1.